The highest BCUT2D eigenvalue weighted by atomic mass is 32.1. The van der Waals surface area contributed by atoms with Crippen molar-refractivity contribution in [2.24, 2.45) is 5.73 Å². The second-order valence-corrected chi connectivity index (χ2v) is 4.20. The van der Waals surface area contributed by atoms with Gasteiger partial charge in [0.1, 0.15) is 17.3 Å². The summed E-state index contributed by atoms with van der Waals surface area (Å²) in [4.78, 5) is 8.45. The number of ether oxygens (including phenoxy) is 1. The van der Waals surface area contributed by atoms with E-state index < -0.39 is 0 Å². The molecule has 7 heteroatoms. The molecule has 0 radical (unpaired) electrons. The topological polar surface area (TPSA) is 87.1 Å². The molecule has 86 valence electrons. The molecule has 2 aromatic heterocycles. The highest BCUT2D eigenvalue weighted by Gasteiger charge is 2.13. The van der Waals surface area contributed by atoms with E-state index in [0.29, 0.717) is 24.0 Å². The summed E-state index contributed by atoms with van der Waals surface area (Å²) in [6.45, 7) is 2.21. The number of rotatable bonds is 4. The van der Waals surface area contributed by atoms with Gasteiger partial charge in [0.05, 0.1) is 6.04 Å². The van der Waals surface area contributed by atoms with Crippen LogP contribution in [0.4, 0.5) is 0 Å². The lowest BCUT2D eigenvalue weighted by Gasteiger charge is -1.95. The molecule has 0 saturated carbocycles. The fourth-order valence-corrected chi connectivity index (χ4v) is 1.89. The molecule has 16 heavy (non-hydrogen) atoms. The Morgan fingerprint density at radius 2 is 2.38 bits per heavy atom. The van der Waals surface area contributed by atoms with Gasteiger partial charge >= 0.3 is 0 Å². The van der Waals surface area contributed by atoms with Gasteiger partial charge in [-0.05, 0) is 6.92 Å². The van der Waals surface area contributed by atoms with E-state index in [4.69, 9.17) is 15.0 Å². The molecule has 0 amide bonds. The molecule has 6 nitrogen and oxygen atoms in total. The standard InChI is InChI=1S/C9H12N4O2S/c1-5(10)9-11-6(4-16-9)8-12-7(3-14-2)13-15-8/h4-5H,3,10H2,1-2H3. The van der Waals surface area contributed by atoms with Crippen molar-refractivity contribution < 1.29 is 9.26 Å². The summed E-state index contributed by atoms with van der Waals surface area (Å²) in [5.41, 5.74) is 6.38. The molecule has 1 unspecified atom stereocenters. The molecular weight excluding hydrogens is 228 g/mol. The quantitative estimate of drug-likeness (QED) is 0.868. The summed E-state index contributed by atoms with van der Waals surface area (Å²) in [6, 6.07) is -0.0832. The Bertz CT molecular complexity index is 466. The molecule has 0 aromatic carbocycles. The SMILES string of the molecule is COCc1noc(-c2csc(C(C)N)n2)n1. The number of methoxy groups -OCH3 is 1. The van der Waals surface area contributed by atoms with Crippen molar-refractivity contribution in [3.8, 4) is 11.6 Å². The maximum absolute atomic E-state index is 5.72. The Morgan fingerprint density at radius 1 is 1.56 bits per heavy atom. The first-order valence-electron chi connectivity index (χ1n) is 4.73. The van der Waals surface area contributed by atoms with Crippen molar-refractivity contribution in [3.05, 3.63) is 16.2 Å². The highest BCUT2D eigenvalue weighted by Crippen LogP contribution is 2.23. The largest absolute Gasteiger partial charge is 0.377 e. The third kappa shape index (κ3) is 2.26. The van der Waals surface area contributed by atoms with E-state index >= 15 is 0 Å². The van der Waals surface area contributed by atoms with Crippen LogP contribution in [-0.4, -0.2) is 22.2 Å². The number of hydrogen-bond acceptors (Lipinski definition) is 7. The van der Waals surface area contributed by atoms with Crippen LogP contribution in [0.2, 0.25) is 0 Å². The first-order chi connectivity index (χ1) is 7.70. The molecule has 0 aliphatic rings. The predicted molar refractivity (Wildman–Crippen MR) is 58.7 cm³/mol. The summed E-state index contributed by atoms with van der Waals surface area (Å²) < 4.78 is 9.96. The third-order valence-corrected chi connectivity index (χ3v) is 2.92. The number of thiazole rings is 1. The fourth-order valence-electron chi connectivity index (χ4n) is 1.14. The monoisotopic (exact) mass is 240 g/mol. The lowest BCUT2D eigenvalue weighted by molar-refractivity contribution is 0.174. The van der Waals surface area contributed by atoms with Crippen molar-refractivity contribution >= 4 is 11.3 Å². The molecule has 2 heterocycles. The van der Waals surface area contributed by atoms with E-state index in [0.717, 1.165) is 5.01 Å². The Balaban J connectivity index is 2.21. The van der Waals surface area contributed by atoms with E-state index in [-0.39, 0.29) is 6.04 Å². The Morgan fingerprint density at radius 3 is 3.00 bits per heavy atom. The van der Waals surface area contributed by atoms with Gasteiger partial charge in [-0.15, -0.1) is 11.3 Å². The summed E-state index contributed by atoms with van der Waals surface area (Å²) in [5.74, 6) is 0.906. The van der Waals surface area contributed by atoms with Gasteiger partial charge in [0.25, 0.3) is 5.89 Å². The second-order valence-electron chi connectivity index (χ2n) is 3.31. The van der Waals surface area contributed by atoms with Crippen LogP contribution in [0.3, 0.4) is 0 Å². The Labute approximate surface area is 96.4 Å². The number of nitrogens with zero attached hydrogens (tertiary/aromatic N) is 3. The Kier molecular flexibility index (Phi) is 3.28. The van der Waals surface area contributed by atoms with Crippen LogP contribution in [0.25, 0.3) is 11.6 Å². The van der Waals surface area contributed by atoms with E-state index in [2.05, 4.69) is 15.1 Å². The summed E-state index contributed by atoms with van der Waals surface area (Å²) in [7, 11) is 1.58. The number of aromatic nitrogens is 3. The highest BCUT2D eigenvalue weighted by molar-refractivity contribution is 7.10. The van der Waals surface area contributed by atoms with Crippen LogP contribution in [0.1, 0.15) is 23.8 Å². The van der Waals surface area contributed by atoms with Crippen LogP contribution in [-0.2, 0) is 11.3 Å². The van der Waals surface area contributed by atoms with Crippen LogP contribution in [0.5, 0.6) is 0 Å². The second kappa shape index (κ2) is 4.69. The maximum Gasteiger partial charge on any atom is 0.277 e. The van der Waals surface area contributed by atoms with Crippen molar-refractivity contribution in [1.82, 2.24) is 15.1 Å². The molecule has 2 rings (SSSR count). The van der Waals surface area contributed by atoms with Gasteiger partial charge in [-0.1, -0.05) is 5.16 Å². The zero-order chi connectivity index (χ0) is 11.5. The van der Waals surface area contributed by atoms with Crippen molar-refractivity contribution in [1.29, 1.82) is 0 Å². The first kappa shape index (κ1) is 11.2. The van der Waals surface area contributed by atoms with E-state index in [1.54, 1.807) is 7.11 Å². The van der Waals surface area contributed by atoms with Gasteiger partial charge in [-0.3, -0.25) is 0 Å². The normalized spacial score (nSPS) is 12.9. The molecule has 2 aromatic rings. The van der Waals surface area contributed by atoms with Crippen LogP contribution in [0.15, 0.2) is 9.90 Å². The first-order valence-corrected chi connectivity index (χ1v) is 5.61. The van der Waals surface area contributed by atoms with Crippen LogP contribution < -0.4 is 5.73 Å². The van der Waals surface area contributed by atoms with Crippen molar-refractivity contribution in [3.63, 3.8) is 0 Å². The zero-order valence-corrected chi connectivity index (χ0v) is 9.82. The minimum Gasteiger partial charge on any atom is -0.377 e. The fraction of sp³-hybridized carbons (Fsp3) is 0.444. The summed E-state index contributed by atoms with van der Waals surface area (Å²) in [5, 5.41) is 6.46. The van der Waals surface area contributed by atoms with E-state index in [1.165, 1.54) is 11.3 Å². The molecule has 0 saturated heterocycles. The molecule has 0 spiro atoms. The van der Waals surface area contributed by atoms with Gasteiger partial charge in [-0.25, -0.2) is 4.98 Å². The molecule has 1 atom stereocenters. The smallest absolute Gasteiger partial charge is 0.277 e. The average molecular weight is 240 g/mol. The summed E-state index contributed by atoms with van der Waals surface area (Å²) >= 11 is 1.48. The maximum atomic E-state index is 5.72. The van der Waals surface area contributed by atoms with Gasteiger partial charge in [-0.2, -0.15) is 4.98 Å². The minimum atomic E-state index is -0.0832. The molecule has 0 aliphatic carbocycles. The summed E-state index contributed by atoms with van der Waals surface area (Å²) in [6.07, 6.45) is 0. The van der Waals surface area contributed by atoms with Crippen LogP contribution >= 0.6 is 11.3 Å². The molecule has 2 N–H and O–H groups in total. The Hall–Kier alpha value is -1.31. The van der Waals surface area contributed by atoms with Gasteiger partial charge in [0.15, 0.2) is 5.82 Å². The molecule has 0 aliphatic heterocycles. The number of hydrogen-bond donors (Lipinski definition) is 1. The van der Waals surface area contributed by atoms with Gasteiger partial charge in [0, 0.05) is 12.5 Å². The average Bonchev–Trinajstić information content (AvgIpc) is 2.84. The lowest BCUT2D eigenvalue weighted by Crippen LogP contribution is -2.03. The van der Waals surface area contributed by atoms with E-state index in [1.807, 2.05) is 12.3 Å². The van der Waals surface area contributed by atoms with Gasteiger partial charge in [0.2, 0.25) is 0 Å². The molecule has 0 bridgehead atoms. The van der Waals surface area contributed by atoms with Crippen molar-refractivity contribution in [2.45, 2.75) is 19.6 Å². The molecular formula is C9H12N4O2S. The lowest BCUT2D eigenvalue weighted by atomic mass is 10.4. The molecule has 0 fully saturated rings. The number of nitrogens with two attached hydrogens (primary N) is 1. The van der Waals surface area contributed by atoms with Gasteiger partial charge < -0.3 is 15.0 Å². The van der Waals surface area contributed by atoms with Crippen LogP contribution in [0, 0.1) is 0 Å². The van der Waals surface area contributed by atoms with E-state index in [9.17, 15) is 0 Å². The zero-order valence-electron chi connectivity index (χ0n) is 9.01. The van der Waals surface area contributed by atoms with Crippen molar-refractivity contribution in [2.75, 3.05) is 7.11 Å². The minimum absolute atomic E-state index is 0.0832. The third-order valence-electron chi connectivity index (χ3n) is 1.87. The predicted octanol–water partition coefficient (Wildman–Crippen LogP) is 1.36.